The predicted molar refractivity (Wildman–Crippen MR) is 50.0 cm³/mol. The van der Waals surface area contributed by atoms with Crippen LogP contribution in [0.1, 0.15) is 39.0 Å². The van der Waals surface area contributed by atoms with E-state index in [0.717, 1.165) is 0 Å². The summed E-state index contributed by atoms with van der Waals surface area (Å²) in [6.07, 6.45) is 6.22. The topological polar surface area (TPSA) is 50.4 Å². The zero-order chi connectivity index (χ0) is 8.60. The van der Waals surface area contributed by atoms with Crippen molar-refractivity contribution in [2.45, 2.75) is 50.6 Å². The van der Waals surface area contributed by atoms with Gasteiger partial charge in [-0.2, -0.15) is 0 Å². The fourth-order valence-electron chi connectivity index (χ4n) is 1.57. The van der Waals surface area contributed by atoms with Crippen molar-refractivity contribution in [2.75, 3.05) is 0 Å². The lowest BCUT2D eigenvalue weighted by Gasteiger charge is -2.39. The van der Waals surface area contributed by atoms with Gasteiger partial charge in [0.25, 0.3) is 0 Å². The molecule has 0 aromatic carbocycles. The van der Waals surface area contributed by atoms with E-state index >= 15 is 0 Å². The SMILES string of the molecule is CC1(NC(N)=NC2CC2)CCC1. The van der Waals surface area contributed by atoms with E-state index < -0.39 is 0 Å². The average molecular weight is 167 g/mol. The molecule has 0 heterocycles. The third kappa shape index (κ3) is 1.71. The van der Waals surface area contributed by atoms with Crippen LogP contribution in [0.5, 0.6) is 0 Å². The van der Waals surface area contributed by atoms with E-state index in [2.05, 4.69) is 17.2 Å². The highest BCUT2D eigenvalue weighted by Crippen LogP contribution is 2.31. The van der Waals surface area contributed by atoms with Gasteiger partial charge in [-0.15, -0.1) is 0 Å². The van der Waals surface area contributed by atoms with Crippen molar-refractivity contribution >= 4 is 5.96 Å². The van der Waals surface area contributed by atoms with Crippen LogP contribution >= 0.6 is 0 Å². The van der Waals surface area contributed by atoms with Crippen LogP contribution < -0.4 is 11.1 Å². The number of rotatable bonds is 2. The maximum Gasteiger partial charge on any atom is 0.189 e. The maximum atomic E-state index is 5.75. The highest BCUT2D eigenvalue weighted by atomic mass is 15.2. The van der Waals surface area contributed by atoms with Gasteiger partial charge in [0.2, 0.25) is 0 Å². The van der Waals surface area contributed by atoms with Crippen LogP contribution in [0.25, 0.3) is 0 Å². The number of nitrogens with two attached hydrogens (primary N) is 1. The maximum absolute atomic E-state index is 5.75. The van der Waals surface area contributed by atoms with E-state index in [1.807, 2.05) is 0 Å². The Bertz CT molecular complexity index is 202. The van der Waals surface area contributed by atoms with Crippen molar-refractivity contribution in [2.24, 2.45) is 10.7 Å². The molecule has 2 rings (SSSR count). The Morgan fingerprint density at radius 2 is 2.17 bits per heavy atom. The molecule has 2 aliphatic carbocycles. The average Bonchev–Trinajstić information content (AvgIpc) is 2.68. The molecule has 2 aliphatic rings. The number of guanidine groups is 1. The summed E-state index contributed by atoms with van der Waals surface area (Å²) in [4.78, 5) is 4.34. The van der Waals surface area contributed by atoms with Crippen molar-refractivity contribution in [3.05, 3.63) is 0 Å². The first-order chi connectivity index (χ1) is 5.68. The Morgan fingerprint density at radius 3 is 2.58 bits per heavy atom. The molecular weight excluding hydrogens is 150 g/mol. The number of hydrogen-bond acceptors (Lipinski definition) is 1. The largest absolute Gasteiger partial charge is 0.370 e. The molecule has 68 valence electrons. The fourth-order valence-corrected chi connectivity index (χ4v) is 1.57. The standard InChI is InChI=1S/C9H17N3/c1-9(5-2-6-9)12-8(10)11-7-3-4-7/h7H,2-6H2,1H3,(H3,10,11,12). The highest BCUT2D eigenvalue weighted by Gasteiger charge is 2.32. The van der Waals surface area contributed by atoms with Gasteiger partial charge in [0.05, 0.1) is 6.04 Å². The minimum atomic E-state index is 0.252. The molecule has 0 amide bonds. The van der Waals surface area contributed by atoms with E-state index in [9.17, 15) is 0 Å². The van der Waals surface area contributed by atoms with Gasteiger partial charge in [0.1, 0.15) is 0 Å². The third-order valence-corrected chi connectivity index (χ3v) is 2.76. The second-order valence-electron chi connectivity index (χ2n) is 4.28. The second kappa shape index (κ2) is 2.64. The lowest BCUT2D eigenvalue weighted by atomic mass is 9.79. The smallest absolute Gasteiger partial charge is 0.189 e. The van der Waals surface area contributed by atoms with Gasteiger partial charge in [0.15, 0.2) is 5.96 Å². The molecule has 12 heavy (non-hydrogen) atoms. The molecule has 0 saturated heterocycles. The quantitative estimate of drug-likeness (QED) is 0.476. The normalized spacial score (nSPS) is 27.9. The monoisotopic (exact) mass is 167 g/mol. The molecule has 0 atom stereocenters. The third-order valence-electron chi connectivity index (χ3n) is 2.76. The number of hydrogen-bond donors (Lipinski definition) is 2. The molecule has 0 spiro atoms. The van der Waals surface area contributed by atoms with Crippen LogP contribution in [0.2, 0.25) is 0 Å². The summed E-state index contributed by atoms with van der Waals surface area (Å²) in [6, 6.07) is 0.529. The minimum Gasteiger partial charge on any atom is -0.370 e. The van der Waals surface area contributed by atoms with Crippen LogP contribution in [0.15, 0.2) is 4.99 Å². The molecular formula is C9H17N3. The summed E-state index contributed by atoms with van der Waals surface area (Å²) >= 11 is 0. The van der Waals surface area contributed by atoms with Gasteiger partial charge in [-0.1, -0.05) is 0 Å². The predicted octanol–water partition coefficient (Wildman–Crippen LogP) is 0.996. The summed E-state index contributed by atoms with van der Waals surface area (Å²) in [6.45, 7) is 2.21. The Balaban J connectivity index is 1.84. The Hall–Kier alpha value is -0.730. The zero-order valence-corrected chi connectivity index (χ0v) is 7.64. The molecule has 0 unspecified atom stereocenters. The first-order valence-electron chi connectivity index (χ1n) is 4.79. The molecule has 0 aliphatic heterocycles. The van der Waals surface area contributed by atoms with Gasteiger partial charge in [-0.05, 0) is 39.0 Å². The van der Waals surface area contributed by atoms with Gasteiger partial charge < -0.3 is 11.1 Å². The molecule has 0 bridgehead atoms. The van der Waals surface area contributed by atoms with Crippen molar-refractivity contribution in [1.82, 2.24) is 5.32 Å². The summed E-state index contributed by atoms with van der Waals surface area (Å²) in [5.41, 5.74) is 6.00. The molecule has 3 heteroatoms. The number of nitrogens with one attached hydrogen (secondary N) is 1. The highest BCUT2D eigenvalue weighted by molar-refractivity contribution is 5.79. The number of aliphatic imine (C=N–C) groups is 1. The fraction of sp³-hybridized carbons (Fsp3) is 0.889. The summed E-state index contributed by atoms with van der Waals surface area (Å²) in [7, 11) is 0. The second-order valence-corrected chi connectivity index (χ2v) is 4.28. The van der Waals surface area contributed by atoms with Crippen LogP contribution in [0.3, 0.4) is 0 Å². The molecule has 0 radical (unpaired) electrons. The first kappa shape index (κ1) is 7.90. The minimum absolute atomic E-state index is 0.252. The van der Waals surface area contributed by atoms with Crippen LogP contribution in [-0.2, 0) is 0 Å². The van der Waals surface area contributed by atoms with Crippen LogP contribution in [0.4, 0.5) is 0 Å². The van der Waals surface area contributed by atoms with Crippen LogP contribution in [0, 0.1) is 0 Å². The Morgan fingerprint density at radius 1 is 1.50 bits per heavy atom. The summed E-state index contributed by atoms with van der Waals surface area (Å²) in [5.74, 6) is 0.653. The van der Waals surface area contributed by atoms with E-state index in [0.29, 0.717) is 12.0 Å². The van der Waals surface area contributed by atoms with Crippen molar-refractivity contribution in [3.63, 3.8) is 0 Å². The summed E-state index contributed by atoms with van der Waals surface area (Å²) < 4.78 is 0. The molecule has 0 aromatic heterocycles. The molecule has 2 saturated carbocycles. The van der Waals surface area contributed by atoms with Crippen molar-refractivity contribution < 1.29 is 0 Å². The van der Waals surface area contributed by atoms with E-state index in [1.54, 1.807) is 0 Å². The van der Waals surface area contributed by atoms with Gasteiger partial charge in [-0.3, -0.25) is 4.99 Å². The lowest BCUT2D eigenvalue weighted by molar-refractivity contribution is 0.243. The van der Waals surface area contributed by atoms with Gasteiger partial charge in [0, 0.05) is 5.54 Å². The van der Waals surface area contributed by atoms with Crippen molar-refractivity contribution in [1.29, 1.82) is 0 Å². The summed E-state index contributed by atoms with van der Waals surface area (Å²) in [5, 5.41) is 3.29. The first-order valence-corrected chi connectivity index (χ1v) is 4.79. The molecule has 2 fully saturated rings. The van der Waals surface area contributed by atoms with Crippen LogP contribution in [-0.4, -0.2) is 17.5 Å². The van der Waals surface area contributed by atoms with E-state index in [4.69, 9.17) is 5.73 Å². The Labute approximate surface area is 73.4 Å². The number of nitrogens with zero attached hydrogens (tertiary/aromatic N) is 1. The molecule has 3 N–H and O–H groups in total. The van der Waals surface area contributed by atoms with Gasteiger partial charge in [-0.25, -0.2) is 0 Å². The van der Waals surface area contributed by atoms with Crippen molar-refractivity contribution in [3.8, 4) is 0 Å². The lowest BCUT2D eigenvalue weighted by Crippen LogP contribution is -2.53. The van der Waals surface area contributed by atoms with E-state index in [-0.39, 0.29) is 5.54 Å². The molecule has 0 aromatic rings. The zero-order valence-electron chi connectivity index (χ0n) is 7.64. The Kier molecular flexibility index (Phi) is 1.74. The van der Waals surface area contributed by atoms with E-state index in [1.165, 1.54) is 32.1 Å². The van der Waals surface area contributed by atoms with Gasteiger partial charge >= 0.3 is 0 Å². The molecule has 3 nitrogen and oxygen atoms in total.